The zero-order chi connectivity index (χ0) is 15.2. The number of hydrogen-bond acceptors (Lipinski definition) is 3. The second-order valence-corrected chi connectivity index (χ2v) is 7.32. The van der Waals surface area contributed by atoms with E-state index >= 15 is 0 Å². The molecule has 2 nitrogen and oxygen atoms in total. The zero-order valence-corrected chi connectivity index (χ0v) is 14.7. The van der Waals surface area contributed by atoms with Crippen LogP contribution in [0.1, 0.15) is 36.9 Å². The quantitative estimate of drug-likeness (QED) is 0.436. The minimum atomic E-state index is 0.148. The van der Waals surface area contributed by atoms with Gasteiger partial charge in [0.05, 0.1) is 6.04 Å². The molecule has 3 N–H and O–H groups in total. The lowest BCUT2D eigenvalue weighted by Gasteiger charge is -2.17. The van der Waals surface area contributed by atoms with Crippen molar-refractivity contribution in [2.24, 2.45) is 5.84 Å². The van der Waals surface area contributed by atoms with Gasteiger partial charge in [-0.05, 0) is 35.2 Å². The average molecular weight is 365 g/mol. The Bertz CT molecular complexity index is 569. The Balaban J connectivity index is 2.02. The van der Waals surface area contributed by atoms with Crippen LogP contribution in [0.2, 0.25) is 0 Å². The third-order valence-electron chi connectivity index (χ3n) is 3.42. The van der Waals surface area contributed by atoms with Crippen LogP contribution in [0, 0.1) is 0 Å². The average Bonchev–Trinajstić information content (AvgIpc) is 2.48. The maximum Gasteiger partial charge on any atom is 0.0553 e. The minimum absolute atomic E-state index is 0.148. The predicted molar refractivity (Wildman–Crippen MR) is 95.5 cm³/mol. The SMILES string of the molecule is CC(C)c1ccc(C(CSc2cccc(Br)c2)NN)cc1. The highest BCUT2D eigenvalue weighted by Gasteiger charge is 2.11. The van der Waals surface area contributed by atoms with Crippen molar-refractivity contribution in [1.82, 2.24) is 5.43 Å². The van der Waals surface area contributed by atoms with Crippen molar-refractivity contribution in [3.8, 4) is 0 Å². The zero-order valence-electron chi connectivity index (χ0n) is 12.3. The van der Waals surface area contributed by atoms with Gasteiger partial charge in [-0.3, -0.25) is 11.3 Å². The fourth-order valence-electron chi connectivity index (χ4n) is 2.09. The summed E-state index contributed by atoms with van der Waals surface area (Å²) in [4.78, 5) is 1.24. The summed E-state index contributed by atoms with van der Waals surface area (Å²) in [5.74, 6) is 7.18. The van der Waals surface area contributed by atoms with Gasteiger partial charge >= 0.3 is 0 Å². The Morgan fingerprint density at radius 3 is 2.33 bits per heavy atom. The lowest BCUT2D eigenvalue weighted by Crippen LogP contribution is -2.29. The van der Waals surface area contributed by atoms with E-state index in [2.05, 4.69) is 77.7 Å². The molecule has 2 rings (SSSR count). The van der Waals surface area contributed by atoms with Crippen LogP contribution < -0.4 is 11.3 Å². The van der Waals surface area contributed by atoms with E-state index in [-0.39, 0.29) is 6.04 Å². The van der Waals surface area contributed by atoms with Gasteiger partial charge in [-0.25, -0.2) is 0 Å². The van der Waals surface area contributed by atoms with E-state index in [1.807, 2.05) is 6.07 Å². The summed E-state index contributed by atoms with van der Waals surface area (Å²) in [7, 11) is 0. The first kappa shape index (κ1) is 16.6. The molecule has 0 saturated carbocycles. The molecule has 0 bridgehead atoms. The van der Waals surface area contributed by atoms with Crippen LogP contribution in [0.5, 0.6) is 0 Å². The predicted octanol–water partition coefficient (Wildman–Crippen LogP) is 4.87. The monoisotopic (exact) mass is 364 g/mol. The number of hydrazine groups is 1. The van der Waals surface area contributed by atoms with E-state index < -0.39 is 0 Å². The van der Waals surface area contributed by atoms with Gasteiger partial charge in [0, 0.05) is 15.1 Å². The fraction of sp³-hybridized carbons (Fsp3) is 0.294. The molecule has 2 aromatic rings. The molecule has 4 heteroatoms. The van der Waals surface area contributed by atoms with Gasteiger partial charge in [-0.2, -0.15) is 0 Å². The number of nitrogens with one attached hydrogen (secondary N) is 1. The Morgan fingerprint density at radius 2 is 1.76 bits per heavy atom. The molecule has 0 radical (unpaired) electrons. The van der Waals surface area contributed by atoms with Crippen molar-refractivity contribution < 1.29 is 0 Å². The Labute approximate surface area is 139 Å². The van der Waals surface area contributed by atoms with Crippen LogP contribution >= 0.6 is 27.7 Å². The summed E-state index contributed by atoms with van der Waals surface area (Å²) in [5, 5.41) is 0. The smallest absolute Gasteiger partial charge is 0.0553 e. The highest BCUT2D eigenvalue weighted by atomic mass is 79.9. The summed E-state index contributed by atoms with van der Waals surface area (Å²) < 4.78 is 1.10. The molecule has 112 valence electrons. The number of halogens is 1. The number of hydrogen-bond donors (Lipinski definition) is 2. The van der Waals surface area contributed by atoms with Gasteiger partial charge in [0.15, 0.2) is 0 Å². The van der Waals surface area contributed by atoms with Crippen molar-refractivity contribution in [3.05, 3.63) is 64.1 Å². The van der Waals surface area contributed by atoms with Gasteiger partial charge in [-0.1, -0.05) is 60.1 Å². The molecular weight excluding hydrogens is 344 g/mol. The van der Waals surface area contributed by atoms with Crippen molar-refractivity contribution in [2.45, 2.75) is 30.7 Å². The van der Waals surface area contributed by atoms with E-state index in [9.17, 15) is 0 Å². The third kappa shape index (κ3) is 4.85. The number of nitrogens with two attached hydrogens (primary N) is 1. The van der Waals surface area contributed by atoms with Gasteiger partial charge in [0.25, 0.3) is 0 Å². The summed E-state index contributed by atoms with van der Waals surface area (Å²) in [6.07, 6.45) is 0. The first-order valence-corrected chi connectivity index (χ1v) is 8.82. The van der Waals surface area contributed by atoms with E-state index in [1.165, 1.54) is 16.0 Å². The maximum absolute atomic E-state index is 5.72. The highest BCUT2D eigenvalue weighted by Crippen LogP contribution is 2.27. The van der Waals surface area contributed by atoms with Gasteiger partial charge in [0.1, 0.15) is 0 Å². The normalized spacial score (nSPS) is 12.6. The molecule has 0 aliphatic carbocycles. The molecule has 0 aromatic heterocycles. The first-order valence-electron chi connectivity index (χ1n) is 7.04. The van der Waals surface area contributed by atoms with Gasteiger partial charge < -0.3 is 0 Å². The van der Waals surface area contributed by atoms with Gasteiger partial charge in [0.2, 0.25) is 0 Å². The van der Waals surface area contributed by atoms with E-state index in [0.717, 1.165) is 10.2 Å². The topological polar surface area (TPSA) is 38.0 Å². The van der Waals surface area contributed by atoms with Crippen molar-refractivity contribution in [1.29, 1.82) is 0 Å². The van der Waals surface area contributed by atoms with Crippen LogP contribution in [0.15, 0.2) is 57.9 Å². The molecule has 0 amide bonds. The molecule has 1 atom stereocenters. The number of rotatable bonds is 6. The molecule has 0 saturated heterocycles. The summed E-state index contributed by atoms with van der Waals surface area (Å²) in [5.41, 5.74) is 5.50. The molecule has 21 heavy (non-hydrogen) atoms. The standard InChI is InChI=1S/C17H21BrN2S/c1-12(2)13-6-8-14(9-7-13)17(20-19)11-21-16-5-3-4-15(18)10-16/h3-10,12,17,20H,11,19H2,1-2H3. The Morgan fingerprint density at radius 1 is 1.10 bits per heavy atom. The van der Waals surface area contributed by atoms with Crippen LogP contribution in [-0.4, -0.2) is 5.75 Å². The fourth-order valence-corrected chi connectivity index (χ4v) is 3.67. The van der Waals surface area contributed by atoms with Crippen molar-refractivity contribution in [3.63, 3.8) is 0 Å². The summed E-state index contributed by atoms with van der Waals surface area (Å²) in [6.45, 7) is 4.41. The molecule has 0 heterocycles. The first-order chi connectivity index (χ1) is 10.1. The largest absolute Gasteiger partial charge is 0.271 e. The Kier molecular flexibility index (Phi) is 6.30. The van der Waals surface area contributed by atoms with E-state index in [4.69, 9.17) is 5.84 Å². The Hall–Kier alpha value is -0.810. The molecule has 0 aliphatic rings. The highest BCUT2D eigenvalue weighted by molar-refractivity contribution is 9.10. The maximum atomic E-state index is 5.72. The van der Waals surface area contributed by atoms with Gasteiger partial charge in [-0.15, -0.1) is 11.8 Å². The van der Waals surface area contributed by atoms with Crippen molar-refractivity contribution >= 4 is 27.7 Å². The van der Waals surface area contributed by atoms with E-state index in [0.29, 0.717) is 5.92 Å². The summed E-state index contributed by atoms with van der Waals surface area (Å²) >= 11 is 5.30. The van der Waals surface area contributed by atoms with Crippen LogP contribution in [-0.2, 0) is 0 Å². The molecule has 0 fully saturated rings. The van der Waals surface area contributed by atoms with Crippen LogP contribution in [0.25, 0.3) is 0 Å². The second-order valence-electron chi connectivity index (χ2n) is 5.31. The van der Waals surface area contributed by atoms with Crippen molar-refractivity contribution in [2.75, 3.05) is 5.75 Å². The minimum Gasteiger partial charge on any atom is -0.271 e. The van der Waals surface area contributed by atoms with E-state index in [1.54, 1.807) is 11.8 Å². The molecular formula is C17H21BrN2S. The second kappa shape index (κ2) is 7.99. The lowest BCUT2D eigenvalue weighted by atomic mass is 10.00. The van der Waals surface area contributed by atoms with Crippen LogP contribution in [0.4, 0.5) is 0 Å². The number of thioether (sulfide) groups is 1. The lowest BCUT2D eigenvalue weighted by molar-refractivity contribution is 0.610. The summed E-state index contributed by atoms with van der Waals surface area (Å²) in [6, 6.07) is 17.2. The molecule has 1 unspecified atom stereocenters. The molecule has 0 aliphatic heterocycles. The number of benzene rings is 2. The van der Waals surface area contributed by atoms with Crippen LogP contribution in [0.3, 0.4) is 0 Å². The molecule has 0 spiro atoms. The molecule has 2 aromatic carbocycles. The third-order valence-corrected chi connectivity index (χ3v) is 5.00.